The molecule has 0 spiro atoms. The zero-order chi connectivity index (χ0) is 9.97. The molecule has 0 amide bonds. The van der Waals surface area contributed by atoms with Gasteiger partial charge in [-0.1, -0.05) is 6.07 Å². The Morgan fingerprint density at radius 1 is 1.29 bits per heavy atom. The zero-order valence-electron chi connectivity index (χ0n) is 7.81. The van der Waals surface area contributed by atoms with E-state index < -0.39 is 0 Å². The molecule has 0 aliphatic heterocycles. The molecule has 0 bridgehead atoms. The molecule has 2 aromatic heterocycles. The van der Waals surface area contributed by atoms with Gasteiger partial charge in [-0.25, -0.2) is 0 Å². The van der Waals surface area contributed by atoms with Crippen LogP contribution in [-0.4, -0.2) is 15.2 Å². The Hall–Kier alpha value is -1.97. The monoisotopic (exact) mass is 186 g/mol. The van der Waals surface area contributed by atoms with Crippen LogP contribution in [0.2, 0.25) is 0 Å². The highest BCUT2D eigenvalue weighted by molar-refractivity contribution is 5.66. The van der Waals surface area contributed by atoms with Gasteiger partial charge in [-0.15, -0.1) is 5.10 Å². The fraction of sp³-hybridized carbons (Fsp3) is 0.100. The Labute approximate surface area is 81.8 Å². The molecule has 14 heavy (non-hydrogen) atoms. The standard InChI is InChI=1S/C10H10N4/c1-7-9(5-10(11)14-13-7)8-3-2-4-12-6-8/h2-6H,1H3,(H2,11,14). The van der Waals surface area contributed by atoms with E-state index in [0.717, 1.165) is 16.8 Å². The van der Waals surface area contributed by atoms with Crippen LogP contribution in [0.5, 0.6) is 0 Å². The minimum absolute atomic E-state index is 0.425. The lowest BCUT2D eigenvalue weighted by Gasteiger charge is -2.03. The SMILES string of the molecule is Cc1nnc(N)cc1-c1cccnc1. The fourth-order valence-corrected chi connectivity index (χ4v) is 1.28. The molecule has 0 aromatic carbocycles. The van der Waals surface area contributed by atoms with Gasteiger partial charge in [0.1, 0.15) is 5.82 Å². The summed E-state index contributed by atoms with van der Waals surface area (Å²) in [6.07, 6.45) is 3.51. The van der Waals surface area contributed by atoms with E-state index in [1.807, 2.05) is 19.1 Å². The average molecular weight is 186 g/mol. The predicted octanol–water partition coefficient (Wildman–Crippen LogP) is 1.43. The summed E-state index contributed by atoms with van der Waals surface area (Å²) in [5.41, 5.74) is 8.41. The Kier molecular flexibility index (Phi) is 2.10. The number of aromatic nitrogens is 3. The van der Waals surface area contributed by atoms with Crippen molar-refractivity contribution in [3.05, 3.63) is 36.3 Å². The predicted molar refractivity (Wildman–Crippen MR) is 54.4 cm³/mol. The summed E-state index contributed by atoms with van der Waals surface area (Å²) < 4.78 is 0. The van der Waals surface area contributed by atoms with Crippen LogP contribution in [-0.2, 0) is 0 Å². The van der Waals surface area contributed by atoms with Crippen LogP contribution in [0.1, 0.15) is 5.69 Å². The van der Waals surface area contributed by atoms with Gasteiger partial charge < -0.3 is 5.73 Å². The third-order valence-electron chi connectivity index (χ3n) is 1.97. The van der Waals surface area contributed by atoms with Crippen molar-refractivity contribution in [3.63, 3.8) is 0 Å². The summed E-state index contributed by atoms with van der Waals surface area (Å²) in [4.78, 5) is 4.04. The van der Waals surface area contributed by atoms with Crippen LogP contribution in [0.25, 0.3) is 11.1 Å². The van der Waals surface area contributed by atoms with Gasteiger partial charge in [0.05, 0.1) is 5.69 Å². The molecule has 0 atom stereocenters. The largest absolute Gasteiger partial charge is 0.382 e. The van der Waals surface area contributed by atoms with Crippen molar-refractivity contribution in [2.45, 2.75) is 6.92 Å². The first kappa shape index (κ1) is 8.62. The van der Waals surface area contributed by atoms with Gasteiger partial charge in [-0.05, 0) is 19.1 Å². The molecule has 0 fully saturated rings. The fourth-order valence-electron chi connectivity index (χ4n) is 1.28. The number of hydrogen-bond donors (Lipinski definition) is 1. The number of nitrogens with two attached hydrogens (primary N) is 1. The van der Waals surface area contributed by atoms with E-state index in [4.69, 9.17) is 5.73 Å². The van der Waals surface area contributed by atoms with E-state index in [2.05, 4.69) is 15.2 Å². The maximum atomic E-state index is 5.57. The highest BCUT2D eigenvalue weighted by Gasteiger charge is 2.03. The van der Waals surface area contributed by atoms with E-state index >= 15 is 0 Å². The van der Waals surface area contributed by atoms with Crippen molar-refractivity contribution in [1.29, 1.82) is 0 Å². The number of nitrogens with zero attached hydrogens (tertiary/aromatic N) is 3. The molecule has 0 aliphatic rings. The Balaban J connectivity index is 2.57. The summed E-state index contributed by atoms with van der Waals surface area (Å²) in [5.74, 6) is 0.425. The van der Waals surface area contributed by atoms with E-state index in [1.54, 1.807) is 18.5 Å². The average Bonchev–Trinajstić information content (AvgIpc) is 2.23. The summed E-state index contributed by atoms with van der Waals surface area (Å²) in [6.45, 7) is 1.90. The summed E-state index contributed by atoms with van der Waals surface area (Å²) >= 11 is 0. The number of rotatable bonds is 1. The van der Waals surface area contributed by atoms with Gasteiger partial charge in [0.15, 0.2) is 0 Å². The molecule has 4 nitrogen and oxygen atoms in total. The molecule has 0 unspecified atom stereocenters. The van der Waals surface area contributed by atoms with Crippen molar-refractivity contribution in [3.8, 4) is 11.1 Å². The minimum Gasteiger partial charge on any atom is -0.382 e. The molecule has 0 aliphatic carbocycles. The van der Waals surface area contributed by atoms with E-state index in [9.17, 15) is 0 Å². The van der Waals surface area contributed by atoms with Crippen LogP contribution in [0, 0.1) is 6.92 Å². The van der Waals surface area contributed by atoms with Crippen LogP contribution < -0.4 is 5.73 Å². The molecule has 4 heteroatoms. The summed E-state index contributed by atoms with van der Waals surface area (Å²) in [6, 6.07) is 5.65. The van der Waals surface area contributed by atoms with Crippen molar-refractivity contribution < 1.29 is 0 Å². The lowest BCUT2D eigenvalue weighted by molar-refractivity contribution is 0.993. The van der Waals surface area contributed by atoms with E-state index in [0.29, 0.717) is 5.82 Å². The van der Waals surface area contributed by atoms with Gasteiger partial charge in [-0.2, -0.15) is 5.10 Å². The maximum Gasteiger partial charge on any atom is 0.146 e. The molecule has 0 saturated carbocycles. The third kappa shape index (κ3) is 1.54. The number of nitrogen functional groups attached to an aromatic ring is 1. The second kappa shape index (κ2) is 3.41. The maximum absolute atomic E-state index is 5.57. The molecule has 0 saturated heterocycles. The van der Waals surface area contributed by atoms with Crippen molar-refractivity contribution >= 4 is 5.82 Å². The normalized spacial score (nSPS) is 10.1. The first-order valence-electron chi connectivity index (χ1n) is 4.27. The number of pyridine rings is 1. The highest BCUT2D eigenvalue weighted by Crippen LogP contribution is 2.21. The second-order valence-corrected chi connectivity index (χ2v) is 3.01. The molecule has 2 rings (SSSR count). The number of aryl methyl sites for hydroxylation is 1. The van der Waals surface area contributed by atoms with E-state index in [1.165, 1.54) is 0 Å². The van der Waals surface area contributed by atoms with Gasteiger partial charge in [0, 0.05) is 23.5 Å². The van der Waals surface area contributed by atoms with E-state index in [-0.39, 0.29) is 0 Å². The first-order chi connectivity index (χ1) is 6.77. The Morgan fingerprint density at radius 2 is 2.14 bits per heavy atom. The highest BCUT2D eigenvalue weighted by atomic mass is 15.1. The van der Waals surface area contributed by atoms with Gasteiger partial charge in [0.25, 0.3) is 0 Å². The zero-order valence-corrected chi connectivity index (χ0v) is 7.81. The quantitative estimate of drug-likeness (QED) is 0.731. The van der Waals surface area contributed by atoms with Crippen molar-refractivity contribution in [2.75, 3.05) is 5.73 Å². The first-order valence-corrected chi connectivity index (χ1v) is 4.27. The molecular weight excluding hydrogens is 176 g/mol. The van der Waals surface area contributed by atoms with Gasteiger partial charge >= 0.3 is 0 Å². The summed E-state index contributed by atoms with van der Waals surface area (Å²) in [5, 5.41) is 7.72. The Morgan fingerprint density at radius 3 is 2.86 bits per heavy atom. The number of anilines is 1. The van der Waals surface area contributed by atoms with Crippen LogP contribution in [0.4, 0.5) is 5.82 Å². The third-order valence-corrected chi connectivity index (χ3v) is 1.97. The van der Waals surface area contributed by atoms with Crippen molar-refractivity contribution in [1.82, 2.24) is 15.2 Å². The molecule has 0 radical (unpaired) electrons. The lowest BCUT2D eigenvalue weighted by Crippen LogP contribution is -1.97. The van der Waals surface area contributed by atoms with Crippen molar-refractivity contribution in [2.24, 2.45) is 0 Å². The summed E-state index contributed by atoms with van der Waals surface area (Å²) in [7, 11) is 0. The van der Waals surface area contributed by atoms with Gasteiger partial charge in [0.2, 0.25) is 0 Å². The molecule has 70 valence electrons. The van der Waals surface area contributed by atoms with Crippen LogP contribution >= 0.6 is 0 Å². The van der Waals surface area contributed by atoms with Gasteiger partial charge in [-0.3, -0.25) is 4.98 Å². The molecular formula is C10H10N4. The lowest BCUT2D eigenvalue weighted by atomic mass is 10.1. The Bertz CT molecular complexity index is 439. The van der Waals surface area contributed by atoms with Crippen LogP contribution in [0.15, 0.2) is 30.6 Å². The molecule has 2 N–H and O–H groups in total. The topological polar surface area (TPSA) is 64.7 Å². The smallest absolute Gasteiger partial charge is 0.146 e. The van der Waals surface area contributed by atoms with Crippen LogP contribution in [0.3, 0.4) is 0 Å². The minimum atomic E-state index is 0.425. The molecule has 2 heterocycles. The second-order valence-electron chi connectivity index (χ2n) is 3.01. The molecule has 2 aromatic rings. The number of hydrogen-bond acceptors (Lipinski definition) is 4.